The molecular weight excluding hydrogens is 480 g/mol. The van der Waals surface area contributed by atoms with Crippen molar-refractivity contribution in [2.45, 2.75) is 51.2 Å². The first-order chi connectivity index (χ1) is 18.5. The van der Waals surface area contributed by atoms with E-state index in [0.717, 1.165) is 36.8 Å². The molecule has 5 rings (SSSR count). The van der Waals surface area contributed by atoms with Crippen LogP contribution in [0.3, 0.4) is 0 Å². The molecule has 1 aromatic heterocycles. The third kappa shape index (κ3) is 5.72. The largest absolute Gasteiger partial charge is 0.508 e. The van der Waals surface area contributed by atoms with Crippen LogP contribution >= 0.6 is 0 Å². The molecule has 9 nitrogen and oxygen atoms in total. The Morgan fingerprint density at radius 1 is 1.00 bits per heavy atom. The lowest BCUT2D eigenvalue weighted by Crippen LogP contribution is -2.47. The van der Waals surface area contributed by atoms with E-state index in [1.807, 2.05) is 49.4 Å². The van der Waals surface area contributed by atoms with Crippen LogP contribution in [0.4, 0.5) is 5.69 Å². The Hall–Kier alpha value is -4.53. The van der Waals surface area contributed by atoms with Gasteiger partial charge in [0.15, 0.2) is 0 Å². The molecule has 0 unspecified atom stereocenters. The number of rotatable bonds is 8. The number of anilines is 1. The number of nitrogens with zero attached hydrogens (tertiary/aromatic N) is 5. The number of tetrazole rings is 1. The van der Waals surface area contributed by atoms with Gasteiger partial charge in [0.25, 0.3) is 5.91 Å². The van der Waals surface area contributed by atoms with Gasteiger partial charge in [-0.2, -0.15) is 4.80 Å². The number of aromatic hydroxyl groups is 1. The van der Waals surface area contributed by atoms with Crippen molar-refractivity contribution < 1.29 is 14.7 Å². The van der Waals surface area contributed by atoms with Crippen LogP contribution in [0.15, 0.2) is 78.9 Å². The number of carbonyl (C=O) groups excluding carboxylic acids is 2. The van der Waals surface area contributed by atoms with Gasteiger partial charge < -0.3 is 10.4 Å². The molecule has 9 heteroatoms. The first kappa shape index (κ1) is 25.1. The second-order valence-corrected chi connectivity index (χ2v) is 9.59. The first-order valence-corrected chi connectivity index (χ1v) is 12.8. The summed E-state index contributed by atoms with van der Waals surface area (Å²) in [6.45, 7) is 1.79. The molecule has 1 aliphatic rings. The Labute approximate surface area is 221 Å². The van der Waals surface area contributed by atoms with Gasteiger partial charge >= 0.3 is 0 Å². The number of carbonyl (C=O) groups is 2. The van der Waals surface area contributed by atoms with Crippen LogP contribution < -0.4 is 10.2 Å². The number of phenolic OH excluding ortho intramolecular Hbond substituents is 1. The first-order valence-electron chi connectivity index (χ1n) is 12.8. The van der Waals surface area contributed by atoms with Crippen molar-refractivity contribution in [1.82, 2.24) is 25.5 Å². The predicted octanol–water partition coefficient (Wildman–Crippen LogP) is 4.19. The highest BCUT2D eigenvalue weighted by molar-refractivity contribution is 6.01. The highest BCUT2D eigenvalue weighted by atomic mass is 16.3. The Balaban J connectivity index is 1.48. The average molecular weight is 511 g/mol. The topological polar surface area (TPSA) is 113 Å². The molecule has 1 fully saturated rings. The van der Waals surface area contributed by atoms with Gasteiger partial charge in [0.05, 0.1) is 0 Å². The summed E-state index contributed by atoms with van der Waals surface area (Å²) < 4.78 is 0. The number of para-hydroxylation sites is 1. The lowest BCUT2D eigenvalue weighted by atomic mass is 10.0. The Morgan fingerprint density at radius 3 is 2.37 bits per heavy atom. The maximum atomic E-state index is 13.9. The minimum atomic E-state index is -0.953. The van der Waals surface area contributed by atoms with E-state index in [0.29, 0.717) is 17.1 Å². The van der Waals surface area contributed by atoms with E-state index < -0.39 is 6.04 Å². The van der Waals surface area contributed by atoms with Crippen molar-refractivity contribution in [2.24, 2.45) is 0 Å². The fourth-order valence-electron chi connectivity index (χ4n) is 4.78. The van der Waals surface area contributed by atoms with Crippen LogP contribution in [-0.2, 0) is 16.1 Å². The van der Waals surface area contributed by atoms with Gasteiger partial charge in [0, 0.05) is 17.3 Å². The van der Waals surface area contributed by atoms with E-state index in [-0.39, 0.29) is 30.2 Å². The molecular formula is C29H30N6O3. The minimum absolute atomic E-state index is 0.0730. The van der Waals surface area contributed by atoms with E-state index in [2.05, 4.69) is 20.7 Å². The highest BCUT2D eigenvalue weighted by Gasteiger charge is 2.34. The van der Waals surface area contributed by atoms with Gasteiger partial charge in [-0.1, -0.05) is 73.0 Å². The summed E-state index contributed by atoms with van der Waals surface area (Å²) >= 11 is 0. The third-order valence-corrected chi connectivity index (χ3v) is 6.76. The van der Waals surface area contributed by atoms with E-state index in [9.17, 15) is 14.7 Å². The monoisotopic (exact) mass is 510 g/mol. The molecule has 2 amide bonds. The van der Waals surface area contributed by atoms with Crippen molar-refractivity contribution in [2.75, 3.05) is 4.90 Å². The maximum absolute atomic E-state index is 13.9. The zero-order valence-corrected chi connectivity index (χ0v) is 21.2. The van der Waals surface area contributed by atoms with E-state index >= 15 is 0 Å². The van der Waals surface area contributed by atoms with Crippen LogP contribution in [-0.4, -0.2) is 43.2 Å². The predicted molar refractivity (Wildman–Crippen MR) is 143 cm³/mol. The number of phenols is 1. The SMILES string of the molecule is Cc1ccc(-c2nnn(CC(=O)N(c3ccccc3)[C@H](C(=O)NC3CCCC3)c3ccc(O)cc3)n2)cc1. The Morgan fingerprint density at radius 2 is 1.68 bits per heavy atom. The van der Waals surface area contributed by atoms with Crippen molar-refractivity contribution in [3.63, 3.8) is 0 Å². The molecule has 0 radical (unpaired) electrons. The summed E-state index contributed by atoms with van der Waals surface area (Å²) in [5, 5.41) is 25.6. The third-order valence-electron chi connectivity index (χ3n) is 6.76. The van der Waals surface area contributed by atoms with Gasteiger partial charge in [-0.15, -0.1) is 10.2 Å². The van der Waals surface area contributed by atoms with Crippen LogP contribution in [0.1, 0.15) is 42.9 Å². The lowest BCUT2D eigenvalue weighted by molar-refractivity contribution is -0.127. The Bertz CT molecular complexity index is 1380. The van der Waals surface area contributed by atoms with E-state index in [1.54, 1.807) is 24.3 Å². The molecule has 194 valence electrons. The van der Waals surface area contributed by atoms with Gasteiger partial charge in [-0.3, -0.25) is 14.5 Å². The van der Waals surface area contributed by atoms with Crippen LogP contribution in [0, 0.1) is 6.92 Å². The minimum Gasteiger partial charge on any atom is -0.508 e. The molecule has 0 bridgehead atoms. The molecule has 1 saturated carbocycles. The van der Waals surface area contributed by atoms with Crippen molar-refractivity contribution in [3.8, 4) is 17.1 Å². The van der Waals surface area contributed by atoms with Gasteiger partial charge in [0.1, 0.15) is 18.3 Å². The summed E-state index contributed by atoms with van der Waals surface area (Å²) in [5.74, 6) is -0.148. The summed E-state index contributed by atoms with van der Waals surface area (Å²) in [6.07, 6.45) is 3.96. The number of aryl methyl sites for hydroxylation is 1. The number of aromatic nitrogens is 4. The molecule has 1 atom stereocenters. The van der Waals surface area contributed by atoms with Gasteiger partial charge in [0.2, 0.25) is 11.7 Å². The van der Waals surface area contributed by atoms with Gasteiger partial charge in [-0.05, 0) is 54.8 Å². The summed E-state index contributed by atoms with van der Waals surface area (Å²) in [5.41, 5.74) is 3.07. The second-order valence-electron chi connectivity index (χ2n) is 9.59. The van der Waals surface area contributed by atoms with E-state index in [1.165, 1.54) is 21.8 Å². The molecule has 1 aliphatic carbocycles. The molecule has 0 spiro atoms. The number of benzene rings is 3. The maximum Gasteiger partial charge on any atom is 0.251 e. The smallest absolute Gasteiger partial charge is 0.251 e. The number of amides is 2. The summed E-state index contributed by atoms with van der Waals surface area (Å²) in [6, 6.07) is 22.3. The van der Waals surface area contributed by atoms with Crippen molar-refractivity contribution in [3.05, 3.63) is 90.0 Å². The molecule has 0 aliphatic heterocycles. The van der Waals surface area contributed by atoms with E-state index in [4.69, 9.17) is 0 Å². The van der Waals surface area contributed by atoms with Gasteiger partial charge in [-0.25, -0.2) is 0 Å². The van der Waals surface area contributed by atoms with Crippen LogP contribution in [0.5, 0.6) is 5.75 Å². The fraction of sp³-hybridized carbons (Fsp3) is 0.276. The zero-order chi connectivity index (χ0) is 26.5. The molecule has 1 heterocycles. The zero-order valence-electron chi connectivity index (χ0n) is 21.2. The fourth-order valence-corrected chi connectivity index (χ4v) is 4.78. The summed E-state index contributed by atoms with van der Waals surface area (Å²) in [7, 11) is 0. The normalized spacial score (nSPS) is 14.2. The standard InChI is InChI=1S/C29H30N6O3/c1-20-11-13-22(14-12-20)28-31-33-34(32-28)19-26(37)35(24-9-3-2-4-10-24)27(21-15-17-25(36)18-16-21)29(38)30-23-7-5-6-8-23/h2-4,9-18,23,27,36H,5-8,19H2,1H3,(H,30,38)/t27-/m0/s1. The summed E-state index contributed by atoms with van der Waals surface area (Å²) in [4.78, 5) is 30.4. The molecule has 38 heavy (non-hydrogen) atoms. The number of hydrogen-bond acceptors (Lipinski definition) is 6. The quantitative estimate of drug-likeness (QED) is 0.368. The average Bonchev–Trinajstić information content (AvgIpc) is 3.61. The molecule has 3 aromatic carbocycles. The van der Waals surface area contributed by atoms with Crippen LogP contribution in [0.2, 0.25) is 0 Å². The molecule has 0 saturated heterocycles. The van der Waals surface area contributed by atoms with Crippen LogP contribution in [0.25, 0.3) is 11.4 Å². The second kappa shape index (κ2) is 11.2. The number of nitrogens with one attached hydrogen (secondary N) is 1. The van der Waals surface area contributed by atoms with Crippen molar-refractivity contribution >= 4 is 17.5 Å². The Kier molecular flexibility index (Phi) is 7.44. The lowest BCUT2D eigenvalue weighted by Gasteiger charge is -2.32. The highest BCUT2D eigenvalue weighted by Crippen LogP contribution is 2.30. The molecule has 4 aromatic rings. The van der Waals surface area contributed by atoms with Crippen molar-refractivity contribution in [1.29, 1.82) is 0 Å². The number of hydrogen-bond donors (Lipinski definition) is 2. The molecule has 2 N–H and O–H groups in total.